The van der Waals surface area contributed by atoms with Gasteiger partial charge in [0.05, 0.1) is 13.2 Å². The lowest BCUT2D eigenvalue weighted by atomic mass is 10.2. The zero-order valence-electron chi connectivity index (χ0n) is 8.46. The lowest BCUT2D eigenvalue weighted by Gasteiger charge is -2.26. The van der Waals surface area contributed by atoms with Gasteiger partial charge in [-0.15, -0.1) is 0 Å². The molecule has 0 bridgehead atoms. The molecule has 0 radical (unpaired) electrons. The molecule has 1 fully saturated rings. The summed E-state index contributed by atoms with van der Waals surface area (Å²) in [6.45, 7) is 4.77. The maximum atomic E-state index is 5.82. The number of rotatable bonds is 2. The fourth-order valence-corrected chi connectivity index (χ4v) is 1.73. The Hall–Kier alpha value is -0.280. The van der Waals surface area contributed by atoms with Gasteiger partial charge in [0, 0.05) is 24.7 Å². The van der Waals surface area contributed by atoms with Gasteiger partial charge in [-0.05, 0) is 17.7 Å². The van der Waals surface area contributed by atoms with E-state index in [1.54, 1.807) is 0 Å². The van der Waals surface area contributed by atoms with Crippen LogP contribution >= 0.6 is 11.6 Å². The van der Waals surface area contributed by atoms with Gasteiger partial charge in [-0.2, -0.15) is 0 Å². The van der Waals surface area contributed by atoms with Gasteiger partial charge in [0.15, 0.2) is 0 Å². The van der Waals surface area contributed by atoms with E-state index in [4.69, 9.17) is 16.3 Å². The Bertz CT molecular complexity index is 283. The first-order valence-corrected chi connectivity index (χ1v) is 5.27. The zero-order valence-corrected chi connectivity index (χ0v) is 9.97. The second kappa shape index (κ2) is 6.33. The van der Waals surface area contributed by atoms with E-state index in [1.165, 1.54) is 5.56 Å². The van der Waals surface area contributed by atoms with Crippen molar-refractivity contribution in [2.45, 2.75) is 6.54 Å². The number of hydrogen-bond donors (Lipinski definition) is 0. The highest BCUT2D eigenvalue weighted by atomic mass is 35.5. The van der Waals surface area contributed by atoms with Crippen molar-refractivity contribution in [1.82, 2.24) is 4.90 Å². The molecular weight excluding hydrogens is 233 g/mol. The quantitative estimate of drug-likeness (QED) is 0.677. The largest absolute Gasteiger partial charge is 1.00 e. The standard InChI is InChI=1S/C11H14ClNO.ClH/c12-11-3-1-10(2-4-11)9-13-5-7-14-8-6-13;/h1-4H,5-9H2;1H/p-1. The van der Waals surface area contributed by atoms with Crippen molar-refractivity contribution in [1.29, 1.82) is 0 Å². The van der Waals surface area contributed by atoms with Crippen LogP contribution in [0.25, 0.3) is 0 Å². The molecule has 2 nitrogen and oxygen atoms in total. The van der Waals surface area contributed by atoms with Crippen LogP contribution < -0.4 is 12.4 Å². The minimum Gasteiger partial charge on any atom is -1.00 e. The predicted molar refractivity (Wildman–Crippen MR) is 57.5 cm³/mol. The van der Waals surface area contributed by atoms with E-state index in [9.17, 15) is 0 Å². The minimum atomic E-state index is 0. The van der Waals surface area contributed by atoms with Crippen LogP contribution in [0.15, 0.2) is 24.3 Å². The predicted octanol–water partition coefficient (Wildman–Crippen LogP) is -0.824. The molecule has 1 saturated heterocycles. The Kier molecular flexibility index (Phi) is 5.40. The molecule has 0 saturated carbocycles. The SMILES string of the molecule is Clc1ccc(CN2CCOCC2)cc1.[Cl-]. The normalized spacial score (nSPS) is 17.1. The van der Waals surface area contributed by atoms with E-state index in [0.29, 0.717) is 0 Å². The van der Waals surface area contributed by atoms with Crippen LogP contribution in [0, 0.1) is 0 Å². The molecule has 1 heterocycles. The molecule has 0 atom stereocenters. The summed E-state index contributed by atoms with van der Waals surface area (Å²) in [4.78, 5) is 2.40. The van der Waals surface area contributed by atoms with E-state index >= 15 is 0 Å². The van der Waals surface area contributed by atoms with Crippen molar-refractivity contribution in [3.8, 4) is 0 Å². The maximum Gasteiger partial charge on any atom is 0.0594 e. The molecular formula is C11H14Cl2NO-. The van der Waals surface area contributed by atoms with E-state index in [2.05, 4.69) is 17.0 Å². The summed E-state index contributed by atoms with van der Waals surface area (Å²) >= 11 is 5.82. The number of ether oxygens (including phenoxy) is 1. The van der Waals surface area contributed by atoms with Gasteiger partial charge in [-0.1, -0.05) is 23.7 Å². The van der Waals surface area contributed by atoms with E-state index in [1.807, 2.05) is 12.1 Å². The summed E-state index contributed by atoms with van der Waals surface area (Å²) in [5.41, 5.74) is 1.32. The first-order chi connectivity index (χ1) is 6.84. The van der Waals surface area contributed by atoms with Gasteiger partial charge in [0.1, 0.15) is 0 Å². The molecule has 1 aromatic rings. The fourth-order valence-electron chi connectivity index (χ4n) is 1.61. The molecule has 1 aromatic carbocycles. The summed E-state index contributed by atoms with van der Waals surface area (Å²) in [5, 5.41) is 0.802. The summed E-state index contributed by atoms with van der Waals surface area (Å²) in [6, 6.07) is 8.05. The first-order valence-electron chi connectivity index (χ1n) is 4.89. The van der Waals surface area contributed by atoms with Crippen LogP contribution in [-0.2, 0) is 11.3 Å². The summed E-state index contributed by atoms with van der Waals surface area (Å²) in [6.07, 6.45) is 0. The van der Waals surface area contributed by atoms with E-state index < -0.39 is 0 Å². The van der Waals surface area contributed by atoms with E-state index in [-0.39, 0.29) is 12.4 Å². The van der Waals surface area contributed by atoms with Gasteiger partial charge in [0.2, 0.25) is 0 Å². The summed E-state index contributed by atoms with van der Waals surface area (Å²) in [5.74, 6) is 0. The molecule has 15 heavy (non-hydrogen) atoms. The molecule has 2 rings (SSSR count). The Balaban J connectivity index is 0.00000112. The van der Waals surface area contributed by atoms with Gasteiger partial charge in [0.25, 0.3) is 0 Å². The van der Waals surface area contributed by atoms with Crippen LogP contribution in [0.5, 0.6) is 0 Å². The van der Waals surface area contributed by atoms with Crippen LogP contribution in [0.4, 0.5) is 0 Å². The second-order valence-corrected chi connectivity index (χ2v) is 3.95. The number of hydrogen-bond acceptors (Lipinski definition) is 2. The molecule has 0 N–H and O–H groups in total. The van der Waals surface area contributed by atoms with Crippen molar-refractivity contribution in [3.63, 3.8) is 0 Å². The minimum absolute atomic E-state index is 0. The van der Waals surface area contributed by atoms with Crippen LogP contribution in [-0.4, -0.2) is 31.2 Å². The van der Waals surface area contributed by atoms with Gasteiger partial charge in [-0.25, -0.2) is 0 Å². The Morgan fingerprint density at radius 1 is 1.13 bits per heavy atom. The van der Waals surface area contributed by atoms with Crippen LogP contribution in [0.3, 0.4) is 0 Å². The highest BCUT2D eigenvalue weighted by Crippen LogP contribution is 2.12. The van der Waals surface area contributed by atoms with Crippen LogP contribution in [0.1, 0.15) is 5.56 Å². The third-order valence-electron chi connectivity index (χ3n) is 2.42. The van der Waals surface area contributed by atoms with Gasteiger partial charge < -0.3 is 17.1 Å². The lowest BCUT2D eigenvalue weighted by Crippen LogP contribution is -3.00. The number of halogens is 2. The molecule has 1 aliphatic rings. The van der Waals surface area contributed by atoms with Crippen molar-refractivity contribution >= 4 is 11.6 Å². The molecule has 0 aromatic heterocycles. The Morgan fingerprint density at radius 2 is 1.73 bits per heavy atom. The number of nitrogens with zero attached hydrogens (tertiary/aromatic N) is 1. The van der Waals surface area contributed by atoms with Gasteiger partial charge >= 0.3 is 0 Å². The third kappa shape index (κ3) is 3.99. The van der Waals surface area contributed by atoms with Crippen molar-refractivity contribution in [2.24, 2.45) is 0 Å². The molecule has 0 amide bonds. The highest BCUT2D eigenvalue weighted by Gasteiger charge is 2.09. The zero-order chi connectivity index (χ0) is 9.80. The van der Waals surface area contributed by atoms with Crippen LogP contribution in [0.2, 0.25) is 5.02 Å². The summed E-state index contributed by atoms with van der Waals surface area (Å²) < 4.78 is 5.29. The molecule has 0 spiro atoms. The highest BCUT2D eigenvalue weighted by molar-refractivity contribution is 6.30. The molecule has 0 aliphatic carbocycles. The molecule has 0 unspecified atom stereocenters. The summed E-state index contributed by atoms with van der Waals surface area (Å²) in [7, 11) is 0. The molecule has 84 valence electrons. The van der Waals surface area contributed by atoms with Crippen molar-refractivity contribution in [2.75, 3.05) is 26.3 Å². The average Bonchev–Trinajstić information content (AvgIpc) is 2.23. The monoisotopic (exact) mass is 246 g/mol. The second-order valence-electron chi connectivity index (χ2n) is 3.51. The number of morpholine rings is 1. The van der Waals surface area contributed by atoms with Crippen molar-refractivity contribution in [3.05, 3.63) is 34.9 Å². The Labute approximate surface area is 102 Å². The fraction of sp³-hybridized carbons (Fsp3) is 0.455. The third-order valence-corrected chi connectivity index (χ3v) is 2.68. The topological polar surface area (TPSA) is 12.5 Å². The van der Waals surface area contributed by atoms with E-state index in [0.717, 1.165) is 37.9 Å². The van der Waals surface area contributed by atoms with Crippen molar-refractivity contribution < 1.29 is 17.1 Å². The lowest BCUT2D eigenvalue weighted by molar-refractivity contribution is -0.00000485. The molecule has 1 aliphatic heterocycles. The number of benzene rings is 1. The first kappa shape index (κ1) is 12.8. The maximum absolute atomic E-state index is 5.82. The Morgan fingerprint density at radius 3 is 2.33 bits per heavy atom. The molecule has 4 heteroatoms. The average molecular weight is 247 g/mol. The smallest absolute Gasteiger partial charge is 0.0594 e. The van der Waals surface area contributed by atoms with Gasteiger partial charge in [-0.3, -0.25) is 4.90 Å².